The highest BCUT2D eigenvalue weighted by molar-refractivity contribution is 5.55. The summed E-state index contributed by atoms with van der Waals surface area (Å²) in [7, 11) is 1.94. The normalized spacial score (nSPS) is 33.7. The van der Waals surface area contributed by atoms with Gasteiger partial charge in [-0.2, -0.15) is 0 Å². The molecule has 0 aromatic heterocycles. The van der Waals surface area contributed by atoms with E-state index in [4.69, 9.17) is 0 Å². The van der Waals surface area contributed by atoms with Crippen molar-refractivity contribution in [3.63, 3.8) is 0 Å². The molecule has 0 aromatic rings. The standard InChI is InChI=1S/C8H15FN/c1-3-7-4-8(9)6-10(2)5-7/h5,7-8H,3-4,6H2,1-2H3/q+1. The van der Waals surface area contributed by atoms with Crippen LogP contribution in [0, 0.1) is 5.92 Å². The lowest BCUT2D eigenvalue weighted by atomic mass is 9.98. The highest BCUT2D eigenvalue weighted by Crippen LogP contribution is 2.14. The predicted octanol–water partition coefficient (Wildman–Crippen LogP) is 1.47. The van der Waals surface area contributed by atoms with Gasteiger partial charge in [-0.05, 0) is 12.8 Å². The molecule has 1 aliphatic rings. The van der Waals surface area contributed by atoms with Crippen molar-refractivity contribution < 1.29 is 8.97 Å². The molecule has 0 amide bonds. The van der Waals surface area contributed by atoms with E-state index in [-0.39, 0.29) is 0 Å². The Balaban J connectivity index is 2.55. The van der Waals surface area contributed by atoms with Crippen LogP contribution in [0.4, 0.5) is 4.39 Å². The molecule has 0 aromatic carbocycles. The van der Waals surface area contributed by atoms with Gasteiger partial charge in [0.15, 0.2) is 12.7 Å². The maximum atomic E-state index is 12.8. The summed E-state index contributed by atoms with van der Waals surface area (Å²) in [6.45, 7) is 2.68. The summed E-state index contributed by atoms with van der Waals surface area (Å²) in [4.78, 5) is 0. The van der Waals surface area contributed by atoms with E-state index in [1.165, 1.54) is 0 Å². The Morgan fingerprint density at radius 2 is 2.40 bits per heavy atom. The van der Waals surface area contributed by atoms with Gasteiger partial charge < -0.3 is 0 Å². The van der Waals surface area contributed by atoms with Crippen molar-refractivity contribution >= 4 is 6.21 Å². The molecule has 2 unspecified atom stereocenters. The first-order valence-corrected chi connectivity index (χ1v) is 3.91. The van der Waals surface area contributed by atoms with Crippen molar-refractivity contribution in [2.24, 2.45) is 5.92 Å². The summed E-state index contributed by atoms with van der Waals surface area (Å²) >= 11 is 0. The summed E-state index contributed by atoms with van der Waals surface area (Å²) in [5.74, 6) is 0.466. The maximum Gasteiger partial charge on any atom is 0.173 e. The smallest absolute Gasteiger partial charge is 0.173 e. The zero-order valence-corrected chi connectivity index (χ0v) is 6.68. The quantitative estimate of drug-likeness (QED) is 0.490. The van der Waals surface area contributed by atoms with Gasteiger partial charge in [-0.1, -0.05) is 6.92 Å². The van der Waals surface area contributed by atoms with E-state index in [2.05, 4.69) is 13.1 Å². The molecule has 58 valence electrons. The molecule has 1 aliphatic heterocycles. The van der Waals surface area contributed by atoms with Gasteiger partial charge in [0.2, 0.25) is 0 Å². The molecular weight excluding hydrogens is 129 g/mol. The lowest BCUT2D eigenvalue weighted by Crippen LogP contribution is -2.30. The van der Waals surface area contributed by atoms with Crippen molar-refractivity contribution in [1.82, 2.24) is 0 Å². The first kappa shape index (κ1) is 7.70. The Morgan fingerprint density at radius 3 is 2.90 bits per heavy atom. The van der Waals surface area contributed by atoms with Gasteiger partial charge in [0.05, 0.1) is 0 Å². The number of halogens is 1. The summed E-state index contributed by atoms with van der Waals surface area (Å²) in [6.07, 6.45) is 3.31. The number of alkyl halides is 1. The third-order valence-corrected chi connectivity index (χ3v) is 2.03. The van der Waals surface area contributed by atoms with Crippen LogP contribution in [0.3, 0.4) is 0 Å². The summed E-state index contributed by atoms with van der Waals surface area (Å²) in [6, 6.07) is 0. The van der Waals surface area contributed by atoms with Crippen molar-refractivity contribution in [2.75, 3.05) is 13.6 Å². The molecule has 0 N–H and O–H groups in total. The van der Waals surface area contributed by atoms with Gasteiger partial charge in [0, 0.05) is 5.92 Å². The molecule has 0 fully saturated rings. The van der Waals surface area contributed by atoms with Crippen LogP contribution < -0.4 is 0 Å². The van der Waals surface area contributed by atoms with Gasteiger partial charge in [-0.3, -0.25) is 0 Å². The van der Waals surface area contributed by atoms with Crippen molar-refractivity contribution in [3.8, 4) is 0 Å². The third kappa shape index (κ3) is 1.79. The highest BCUT2D eigenvalue weighted by Gasteiger charge is 2.23. The SMILES string of the molecule is CCC1C=[N+](C)CC(F)C1. The number of rotatable bonds is 1. The van der Waals surface area contributed by atoms with Gasteiger partial charge in [-0.25, -0.2) is 8.97 Å². The van der Waals surface area contributed by atoms with Gasteiger partial charge in [0.1, 0.15) is 13.3 Å². The molecule has 10 heavy (non-hydrogen) atoms. The van der Waals surface area contributed by atoms with Crippen molar-refractivity contribution in [1.29, 1.82) is 0 Å². The largest absolute Gasteiger partial charge is 0.240 e. The summed E-state index contributed by atoms with van der Waals surface area (Å²) < 4.78 is 14.8. The van der Waals surface area contributed by atoms with Crippen LogP contribution in [-0.2, 0) is 0 Å². The van der Waals surface area contributed by atoms with Crippen LogP contribution in [0.1, 0.15) is 19.8 Å². The second-order valence-corrected chi connectivity index (χ2v) is 3.09. The average molecular weight is 144 g/mol. The van der Waals surface area contributed by atoms with Crippen LogP contribution >= 0.6 is 0 Å². The first-order valence-electron chi connectivity index (χ1n) is 3.91. The second-order valence-electron chi connectivity index (χ2n) is 3.09. The van der Waals surface area contributed by atoms with E-state index < -0.39 is 6.17 Å². The first-order chi connectivity index (χ1) is 4.72. The van der Waals surface area contributed by atoms with Crippen molar-refractivity contribution in [2.45, 2.75) is 25.9 Å². The fourth-order valence-corrected chi connectivity index (χ4v) is 1.47. The minimum atomic E-state index is -0.611. The molecule has 2 atom stereocenters. The molecule has 0 bridgehead atoms. The molecule has 0 radical (unpaired) electrons. The van der Waals surface area contributed by atoms with Crippen LogP contribution in [0.5, 0.6) is 0 Å². The Bertz CT molecular complexity index is 142. The van der Waals surface area contributed by atoms with E-state index in [0.717, 1.165) is 12.8 Å². The molecule has 0 aliphatic carbocycles. The monoisotopic (exact) mass is 144 g/mol. The van der Waals surface area contributed by atoms with Crippen LogP contribution in [0.2, 0.25) is 0 Å². The zero-order chi connectivity index (χ0) is 7.56. The Kier molecular flexibility index (Phi) is 2.41. The molecule has 1 heterocycles. The maximum absolute atomic E-state index is 12.8. The van der Waals surface area contributed by atoms with E-state index >= 15 is 0 Å². The molecule has 0 saturated heterocycles. The number of hydrogen-bond donors (Lipinski definition) is 0. The van der Waals surface area contributed by atoms with Crippen LogP contribution in [0.25, 0.3) is 0 Å². The van der Waals surface area contributed by atoms with E-state index in [1.807, 2.05) is 11.6 Å². The molecule has 0 spiro atoms. The average Bonchev–Trinajstić information content (AvgIpc) is 1.85. The molecule has 1 rings (SSSR count). The van der Waals surface area contributed by atoms with Crippen LogP contribution in [0.15, 0.2) is 0 Å². The predicted molar refractivity (Wildman–Crippen MR) is 40.4 cm³/mol. The minimum Gasteiger partial charge on any atom is -0.240 e. The Morgan fingerprint density at radius 1 is 1.70 bits per heavy atom. The zero-order valence-electron chi connectivity index (χ0n) is 6.68. The number of nitrogens with zero attached hydrogens (tertiary/aromatic N) is 1. The fraction of sp³-hybridized carbons (Fsp3) is 0.875. The molecule has 0 saturated carbocycles. The van der Waals surface area contributed by atoms with Gasteiger partial charge >= 0.3 is 0 Å². The summed E-state index contributed by atoms with van der Waals surface area (Å²) in [5.41, 5.74) is 0. The van der Waals surface area contributed by atoms with Crippen molar-refractivity contribution in [3.05, 3.63) is 0 Å². The van der Waals surface area contributed by atoms with E-state index in [9.17, 15) is 4.39 Å². The van der Waals surface area contributed by atoms with E-state index in [0.29, 0.717) is 12.5 Å². The van der Waals surface area contributed by atoms with Gasteiger partial charge in [0.25, 0.3) is 0 Å². The minimum absolute atomic E-state index is 0.466. The van der Waals surface area contributed by atoms with E-state index in [1.54, 1.807) is 0 Å². The highest BCUT2D eigenvalue weighted by atomic mass is 19.1. The topological polar surface area (TPSA) is 3.01 Å². The molecule has 2 heteroatoms. The lowest BCUT2D eigenvalue weighted by molar-refractivity contribution is -0.507. The Labute approximate surface area is 61.6 Å². The number of hydrogen-bond acceptors (Lipinski definition) is 0. The van der Waals surface area contributed by atoms with Crippen LogP contribution in [-0.4, -0.2) is 30.6 Å². The summed E-state index contributed by atoms with van der Waals surface area (Å²) in [5, 5.41) is 0. The fourth-order valence-electron chi connectivity index (χ4n) is 1.47. The second kappa shape index (κ2) is 3.13. The van der Waals surface area contributed by atoms with Gasteiger partial charge in [-0.15, -0.1) is 0 Å². The molecule has 1 nitrogen and oxygen atoms in total. The molecular formula is C8H15FN+. The Hall–Kier alpha value is -0.400. The third-order valence-electron chi connectivity index (χ3n) is 2.03. The lowest BCUT2D eigenvalue weighted by Gasteiger charge is -2.16.